The van der Waals surface area contributed by atoms with E-state index in [9.17, 15) is 32.9 Å². The van der Waals surface area contributed by atoms with Gasteiger partial charge in [0.1, 0.15) is 5.75 Å². The quantitative estimate of drug-likeness (QED) is 0.245. The number of anilines is 1. The minimum Gasteiger partial charge on any atom is -0.465 e. The van der Waals surface area contributed by atoms with Gasteiger partial charge >= 0.3 is 18.4 Å². The van der Waals surface area contributed by atoms with E-state index in [0.29, 0.717) is 5.56 Å². The average molecular weight is 490 g/mol. The Morgan fingerprint density at radius 2 is 1.60 bits per heavy atom. The van der Waals surface area contributed by atoms with E-state index in [1.54, 1.807) is 0 Å². The Hall–Kier alpha value is -4.61. The highest BCUT2D eigenvalue weighted by atomic mass is 19.4. The number of nitrogens with zero attached hydrogens (tertiary/aromatic N) is 2. The van der Waals surface area contributed by atoms with Crippen LogP contribution in [0.3, 0.4) is 0 Å². The maximum absolute atomic E-state index is 13.0. The van der Waals surface area contributed by atoms with Crippen molar-refractivity contribution in [3.05, 3.63) is 94.0 Å². The third-order valence-electron chi connectivity index (χ3n) is 4.57. The standard InChI is InChI=1S/C23H17F3N2O7/c1-33-21(29)16-8-6-15(7-9-16)14-27(19-4-2-3-5-20(19)35-23(24,25)26)22(30)34-18-12-10-17(11-13-18)28(31)32/h2-13H,14H2,1H3. The molecule has 0 unspecified atom stereocenters. The normalized spacial score (nSPS) is 10.9. The van der Waals surface area contributed by atoms with E-state index < -0.39 is 29.1 Å². The van der Waals surface area contributed by atoms with Crippen LogP contribution in [0.1, 0.15) is 15.9 Å². The van der Waals surface area contributed by atoms with Crippen LogP contribution in [0.4, 0.5) is 29.3 Å². The molecule has 3 aromatic rings. The third kappa shape index (κ3) is 6.69. The largest absolute Gasteiger partial charge is 0.573 e. The van der Waals surface area contributed by atoms with Crippen molar-refractivity contribution in [1.29, 1.82) is 0 Å². The van der Waals surface area contributed by atoms with Crippen molar-refractivity contribution in [2.75, 3.05) is 12.0 Å². The Balaban J connectivity index is 1.95. The number of hydrogen-bond donors (Lipinski definition) is 0. The third-order valence-corrected chi connectivity index (χ3v) is 4.57. The van der Waals surface area contributed by atoms with Crippen LogP contribution in [0.5, 0.6) is 11.5 Å². The first-order chi connectivity index (χ1) is 16.6. The molecule has 0 aliphatic heterocycles. The number of rotatable bonds is 7. The maximum atomic E-state index is 13.0. The number of amides is 1. The van der Waals surface area contributed by atoms with E-state index in [2.05, 4.69) is 9.47 Å². The molecule has 0 fully saturated rings. The number of esters is 1. The summed E-state index contributed by atoms with van der Waals surface area (Å²) < 4.78 is 52.8. The van der Waals surface area contributed by atoms with Crippen LogP contribution in [-0.4, -0.2) is 30.5 Å². The van der Waals surface area contributed by atoms with Gasteiger partial charge in [-0.25, -0.2) is 9.59 Å². The lowest BCUT2D eigenvalue weighted by Crippen LogP contribution is -2.34. The summed E-state index contributed by atoms with van der Waals surface area (Å²) in [6, 6.07) is 15.4. The number of methoxy groups -OCH3 is 1. The lowest BCUT2D eigenvalue weighted by Gasteiger charge is -2.25. The zero-order chi connectivity index (χ0) is 25.6. The molecule has 182 valence electrons. The second kappa shape index (κ2) is 10.5. The molecule has 0 atom stereocenters. The van der Waals surface area contributed by atoms with Crippen LogP contribution in [0, 0.1) is 10.1 Å². The Morgan fingerprint density at radius 1 is 0.971 bits per heavy atom. The van der Waals surface area contributed by atoms with Crippen molar-refractivity contribution in [1.82, 2.24) is 0 Å². The van der Waals surface area contributed by atoms with Gasteiger partial charge in [-0.2, -0.15) is 0 Å². The summed E-state index contributed by atoms with van der Waals surface area (Å²) in [5, 5.41) is 10.8. The number of para-hydroxylation sites is 2. The summed E-state index contributed by atoms with van der Waals surface area (Å²) in [5.41, 5.74) is 0.197. The molecule has 0 aliphatic rings. The molecule has 0 bridgehead atoms. The summed E-state index contributed by atoms with van der Waals surface area (Å²) in [4.78, 5) is 35.8. The van der Waals surface area contributed by atoms with Crippen molar-refractivity contribution in [2.45, 2.75) is 12.9 Å². The van der Waals surface area contributed by atoms with Gasteiger partial charge in [0.15, 0.2) is 5.75 Å². The number of benzene rings is 3. The number of ether oxygens (including phenoxy) is 3. The minimum atomic E-state index is -5.02. The molecule has 0 spiro atoms. The van der Waals surface area contributed by atoms with Gasteiger partial charge in [0.2, 0.25) is 0 Å². The smallest absolute Gasteiger partial charge is 0.465 e. The Bertz CT molecular complexity index is 1210. The number of carbonyl (C=O) groups excluding carboxylic acids is 2. The summed E-state index contributed by atoms with van der Waals surface area (Å²) >= 11 is 0. The molecule has 0 aliphatic carbocycles. The van der Waals surface area contributed by atoms with Crippen molar-refractivity contribution in [3.63, 3.8) is 0 Å². The van der Waals surface area contributed by atoms with Crippen LogP contribution in [-0.2, 0) is 11.3 Å². The molecule has 3 rings (SSSR count). The molecule has 0 heterocycles. The topological polar surface area (TPSA) is 108 Å². The molecular weight excluding hydrogens is 473 g/mol. The summed E-state index contributed by atoms with van der Waals surface area (Å²) in [5.74, 6) is -1.30. The Morgan fingerprint density at radius 3 is 2.17 bits per heavy atom. The highest BCUT2D eigenvalue weighted by Gasteiger charge is 2.34. The van der Waals surface area contributed by atoms with Crippen LogP contribution >= 0.6 is 0 Å². The highest BCUT2D eigenvalue weighted by molar-refractivity contribution is 5.91. The minimum absolute atomic E-state index is 0.0686. The summed E-state index contributed by atoms with van der Waals surface area (Å²) in [6.07, 6.45) is -6.10. The predicted molar refractivity (Wildman–Crippen MR) is 116 cm³/mol. The fourth-order valence-corrected chi connectivity index (χ4v) is 2.98. The molecule has 3 aromatic carbocycles. The zero-order valence-corrected chi connectivity index (χ0v) is 18.0. The van der Waals surface area contributed by atoms with Crippen molar-refractivity contribution >= 4 is 23.4 Å². The van der Waals surface area contributed by atoms with Crippen LogP contribution in [0.2, 0.25) is 0 Å². The van der Waals surface area contributed by atoms with Gasteiger partial charge in [0, 0.05) is 12.1 Å². The Kier molecular flexibility index (Phi) is 7.54. The van der Waals surface area contributed by atoms with Crippen LogP contribution in [0.25, 0.3) is 0 Å². The fourth-order valence-electron chi connectivity index (χ4n) is 2.98. The Labute approximate surface area is 196 Å². The molecule has 1 amide bonds. The van der Waals surface area contributed by atoms with Crippen LogP contribution < -0.4 is 14.4 Å². The van der Waals surface area contributed by atoms with E-state index in [1.165, 1.54) is 61.7 Å². The molecule has 9 nitrogen and oxygen atoms in total. The van der Waals surface area contributed by atoms with Crippen molar-refractivity contribution < 1.29 is 41.9 Å². The van der Waals surface area contributed by atoms with Gasteiger partial charge in [-0.05, 0) is 42.0 Å². The lowest BCUT2D eigenvalue weighted by atomic mass is 10.1. The van der Waals surface area contributed by atoms with E-state index in [1.807, 2.05) is 0 Å². The molecule has 35 heavy (non-hydrogen) atoms. The lowest BCUT2D eigenvalue weighted by molar-refractivity contribution is -0.384. The monoisotopic (exact) mass is 490 g/mol. The molecular formula is C23H17F3N2O7. The highest BCUT2D eigenvalue weighted by Crippen LogP contribution is 2.34. The number of carbonyl (C=O) groups is 2. The first kappa shape index (κ1) is 25.0. The summed E-state index contributed by atoms with van der Waals surface area (Å²) in [7, 11) is 1.21. The number of alkyl halides is 3. The van der Waals surface area contributed by atoms with Gasteiger partial charge in [0.25, 0.3) is 5.69 Å². The molecule has 0 saturated heterocycles. The van der Waals surface area contributed by atoms with E-state index in [-0.39, 0.29) is 29.2 Å². The second-order valence-electron chi connectivity index (χ2n) is 6.91. The fraction of sp³-hybridized carbons (Fsp3) is 0.130. The number of non-ortho nitro benzene ring substituents is 1. The van der Waals surface area contributed by atoms with Gasteiger partial charge in [-0.3, -0.25) is 15.0 Å². The van der Waals surface area contributed by atoms with Crippen LogP contribution in [0.15, 0.2) is 72.8 Å². The van der Waals surface area contributed by atoms with Gasteiger partial charge in [-0.1, -0.05) is 24.3 Å². The summed E-state index contributed by atoms with van der Waals surface area (Å²) in [6.45, 7) is -0.258. The molecule has 0 saturated carbocycles. The van der Waals surface area contributed by atoms with Crippen molar-refractivity contribution in [2.24, 2.45) is 0 Å². The maximum Gasteiger partial charge on any atom is 0.573 e. The van der Waals surface area contributed by atoms with E-state index in [4.69, 9.17) is 4.74 Å². The SMILES string of the molecule is COC(=O)c1ccc(CN(C(=O)Oc2ccc([N+](=O)[O-])cc2)c2ccccc2OC(F)(F)F)cc1. The molecule has 12 heteroatoms. The molecule has 0 aromatic heterocycles. The molecule has 0 N–H and O–H groups in total. The van der Waals surface area contributed by atoms with Gasteiger partial charge in [-0.15, -0.1) is 13.2 Å². The van der Waals surface area contributed by atoms with E-state index in [0.717, 1.165) is 23.1 Å². The number of nitro groups is 1. The van der Waals surface area contributed by atoms with Gasteiger partial charge < -0.3 is 14.2 Å². The predicted octanol–water partition coefficient (Wildman–Crippen LogP) is 5.49. The number of hydrogen-bond acceptors (Lipinski definition) is 7. The van der Waals surface area contributed by atoms with E-state index >= 15 is 0 Å². The van der Waals surface area contributed by atoms with Gasteiger partial charge in [0.05, 0.1) is 29.8 Å². The first-order valence-corrected chi connectivity index (χ1v) is 9.83. The first-order valence-electron chi connectivity index (χ1n) is 9.83. The molecule has 0 radical (unpaired) electrons. The number of nitro benzene ring substituents is 1. The average Bonchev–Trinajstić information content (AvgIpc) is 2.82. The number of halogens is 3. The zero-order valence-electron chi connectivity index (χ0n) is 18.0. The second-order valence-corrected chi connectivity index (χ2v) is 6.91. The van der Waals surface area contributed by atoms with Crippen molar-refractivity contribution in [3.8, 4) is 11.5 Å².